The Kier molecular flexibility index (Phi) is 58.5. The summed E-state index contributed by atoms with van der Waals surface area (Å²) < 4.78 is 39.7. The van der Waals surface area contributed by atoms with Crippen LogP contribution in [0, 0.1) is 0 Å². The minimum Gasteiger partial charge on any atom is -0.462 e. The van der Waals surface area contributed by atoms with Crippen molar-refractivity contribution in [1.29, 1.82) is 0 Å². The molecule has 0 heterocycles. The van der Waals surface area contributed by atoms with Crippen LogP contribution in [0.25, 0.3) is 0 Å². The average Bonchev–Trinajstić information content (AvgIpc) is 3.43. The molecule has 0 aromatic rings. The topological polar surface area (TPSA) is 155 Å². The first kappa shape index (κ1) is 75.4. The van der Waals surface area contributed by atoms with Gasteiger partial charge in [0.2, 0.25) is 0 Å². The highest BCUT2D eigenvalue weighted by molar-refractivity contribution is 7.47. The van der Waals surface area contributed by atoms with Gasteiger partial charge in [-0.05, 0) is 77.0 Å². The standard InChI is InChI=1S/C66H121O11P/c1-4-7-10-13-16-19-22-25-28-30-31-33-36-39-42-45-48-51-54-57-66(70)77-63(59-73-64(68)55-52-49-46-43-40-37-34-27-24-21-18-15-12-9-6-3)61-75-78(71,72)74-60-62(58-67)76-65(69)56-53-50-47-44-41-38-35-32-29-26-23-20-17-14-11-8-5-2/h8,11,17,20,26-27,29,34,62-63,67H,4-7,9-10,12-16,18-19,21-25,28,30-33,35-61H2,1-3H3,(H,71,72)/b11-8-,20-17-,29-26-,34-27-. The third kappa shape index (κ3) is 58.1. The molecule has 0 saturated heterocycles. The van der Waals surface area contributed by atoms with Gasteiger partial charge in [0.15, 0.2) is 6.10 Å². The third-order valence-electron chi connectivity index (χ3n) is 14.2. The summed E-state index contributed by atoms with van der Waals surface area (Å²) in [4.78, 5) is 48.7. The lowest BCUT2D eigenvalue weighted by molar-refractivity contribution is -0.161. The summed E-state index contributed by atoms with van der Waals surface area (Å²) in [5.74, 6) is -1.46. The van der Waals surface area contributed by atoms with Gasteiger partial charge in [-0.1, -0.05) is 268 Å². The smallest absolute Gasteiger partial charge is 0.462 e. The molecule has 0 bridgehead atoms. The Morgan fingerprint density at radius 1 is 0.372 bits per heavy atom. The Morgan fingerprint density at radius 3 is 1.04 bits per heavy atom. The Labute approximate surface area is 479 Å². The first-order valence-electron chi connectivity index (χ1n) is 32.5. The number of rotatable bonds is 61. The number of hydrogen-bond acceptors (Lipinski definition) is 10. The molecule has 0 aromatic carbocycles. The molecule has 0 fully saturated rings. The lowest BCUT2D eigenvalue weighted by Gasteiger charge is -2.21. The Balaban J connectivity index is 4.66. The highest BCUT2D eigenvalue weighted by Gasteiger charge is 2.28. The molecule has 11 nitrogen and oxygen atoms in total. The lowest BCUT2D eigenvalue weighted by atomic mass is 10.0. The van der Waals surface area contributed by atoms with E-state index in [1.165, 1.54) is 148 Å². The fourth-order valence-corrected chi connectivity index (χ4v) is 10.1. The number of ether oxygens (including phenoxy) is 3. The maximum Gasteiger partial charge on any atom is 0.472 e. The molecule has 0 aliphatic carbocycles. The van der Waals surface area contributed by atoms with Crippen LogP contribution in [0.5, 0.6) is 0 Å². The highest BCUT2D eigenvalue weighted by Crippen LogP contribution is 2.43. The number of phosphoric acid groups is 1. The van der Waals surface area contributed by atoms with Crippen molar-refractivity contribution < 1.29 is 52.2 Å². The predicted octanol–water partition coefficient (Wildman–Crippen LogP) is 19.7. The molecule has 3 atom stereocenters. The van der Waals surface area contributed by atoms with Gasteiger partial charge >= 0.3 is 25.7 Å². The number of allylic oxidation sites excluding steroid dienone is 8. The van der Waals surface area contributed by atoms with E-state index in [-0.39, 0.29) is 25.9 Å². The SMILES string of the molecule is CC/C=C\C/C=C\C/C=C\CCCCCCCCCC(=O)OC(CO)COP(=O)(O)OCC(COC(=O)CCCCCCC/C=C\CCCCCCCC)OC(=O)CCCCCCCCCCCCCCCCCCCCC. The van der Waals surface area contributed by atoms with E-state index in [9.17, 15) is 28.9 Å². The van der Waals surface area contributed by atoms with E-state index < -0.39 is 57.8 Å². The van der Waals surface area contributed by atoms with E-state index in [1.54, 1.807) is 0 Å². The predicted molar refractivity (Wildman–Crippen MR) is 325 cm³/mol. The third-order valence-corrected chi connectivity index (χ3v) is 15.2. The molecule has 0 aliphatic heterocycles. The maximum atomic E-state index is 13.0. The van der Waals surface area contributed by atoms with Crippen molar-refractivity contribution in [1.82, 2.24) is 0 Å². The van der Waals surface area contributed by atoms with Crippen LogP contribution in [-0.4, -0.2) is 66.5 Å². The highest BCUT2D eigenvalue weighted by atomic mass is 31.2. The van der Waals surface area contributed by atoms with Gasteiger partial charge in [0.05, 0.1) is 19.8 Å². The van der Waals surface area contributed by atoms with Gasteiger partial charge in [0, 0.05) is 19.3 Å². The van der Waals surface area contributed by atoms with Crippen LogP contribution in [0.4, 0.5) is 0 Å². The first-order valence-corrected chi connectivity index (χ1v) is 34.0. The summed E-state index contributed by atoms with van der Waals surface area (Å²) in [6.07, 6.45) is 66.3. The second kappa shape index (κ2) is 60.5. The fourth-order valence-electron chi connectivity index (χ4n) is 9.31. The van der Waals surface area contributed by atoms with Crippen molar-refractivity contribution in [3.63, 3.8) is 0 Å². The van der Waals surface area contributed by atoms with Crippen LogP contribution in [-0.2, 0) is 42.2 Å². The Morgan fingerprint density at radius 2 is 0.667 bits per heavy atom. The minimum atomic E-state index is -4.75. The summed E-state index contributed by atoms with van der Waals surface area (Å²) in [6.45, 7) is 4.58. The maximum absolute atomic E-state index is 13.0. The molecule has 0 saturated carbocycles. The second-order valence-corrected chi connectivity index (χ2v) is 23.4. The number of esters is 3. The number of aliphatic hydroxyl groups is 1. The zero-order valence-electron chi connectivity index (χ0n) is 50.6. The monoisotopic (exact) mass is 1120 g/mol. The molecular formula is C66H121O11P. The molecule has 0 rings (SSSR count). The number of unbranched alkanes of at least 4 members (excludes halogenated alkanes) is 36. The molecule has 0 amide bonds. The van der Waals surface area contributed by atoms with E-state index in [2.05, 4.69) is 69.4 Å². The first-order chi connectivity index (χ1) is 38.2. The van der Waals surface area contributed by atoms with E-state index in [4.69, 9.17) is 23.3 Å². The zero-order chi connectivity index (χ0) is 56.9. The molecule has 0 aliphatic rings. The van der Waals surface area contributed by atoms with Crippen LogP contribution in [0.3, 0.4) is 0 Å². The molecule has 2 N–H and O–H groups in total. The van der Waals surface area contributed by atoms with Crippen LogP contribution >= 0.6 is 7.82 Å². The molecular weight excluding hydrogens is 1000 g/mol. The van der Waals surface area contributed by atoms with Crippen molar-refractivity contribution >= 4 is 25.7 Å². The summed E-state index contributed by atoms with van der Waals surface area (Å²) in [5, 5.41) is 9.85. The lowest BCUT2D eigenvalue weighted by Crippen LogP contribution is -2.30. The van der Waals surface area contributed by atoms with Gasteiger partial charge in [-0.15, -0.1) is 0 Å². The number of hydrogen-bond donors (Lipinski definition) is 2. The fraction of sp³-hybridized carbons (Fsp3) is 0.833. The van der Waals surface area contributed by atoms with Crippen LogP contribution < -0.4 is 0 Å². The summed E-state index contributed by atoms with van der Waals surface area (Å²) in [7, 11) is -4.75. The van der Waals surface area contributed by atoms with E-state index in [0.29, 0.717) is 19.3 Å². The minimum absolute atomic E-state index is 0.167. The number of carbonyl (C=O) groups excluding carboxylic acids is 3. The van der Waals surface area contributed by atoms with Gasteiger partial charge in [-0.25, -0.2) is 4.57 Å². The van der Waals surface area contributed by atoms with E-state index in [1.807, 2.05) is 0 Å². The largest absolute Gasteiger partial charge is 0.472 e. The zero-order valence-corrected chi connectivity index (χ0v) is 51.5. The van der Waals surface area contributed by atoms with E-state index >= 15 is 0 Å². The summed E-state index contributed by atoms with van der Waals surface area (Å²) >= 11 is 0. The van der Waals surface area contributed by atoms with Gasteiger partial charge in [0.1, 0.15) is 12.7 Å². The molecule has 12 heteroatoms. The number of aliphatic hydroxyl groups excluding tert-OH is 1. The Hall–Kier alpha value is -2.56. The van der Waals surface area contributed by atoms with Crippen LogP contribution in [0.1, 0.15) is 316 Å². The van der Waals surface area contributed by atoms with Crippen molar-refractivity contribution in [2.75, 3.05) is 26.4 Å². The van der Waals surface area contributed by atoms with Crippen molar-refractivity contribution in [2.24, 2.45) is 0 Å². The molecule has 0 spiro atoms. The van der Waals surface area contributed by atoms with Crippen LogP contribution in [0.15, 0.2) is 48.6 Å². The van der Waals surface area contributed by atoms with Crippen molar-refractivity contribution in [3.8, 4) is 0 Å². The van der Waals surface area contributed by atoms with Crippen molar-refractivity contribution in [3.05, 3.63) is 48.6 Å². The van der Waals surface area contributed by atoms with Crippen LogP contribution in [0.2, 0.25) is 0 Å². The second-order valence-electron chi connectivity index (χ2n) is 21.9. The number of phosphoric ester groups is 1. The van der Waals surface area contributed by atoms with E-state index in [0.717, 1.165) is 109 Å². The quantitative estimate of drug-likeness (QED) is 0.0197. The molecule has 78 heavy (non-hydrogen) atoms. The normalized spacial score (nSPS) is 13.6. The molecule has 0 aromatic heterocycles. The van der Waals surface area contributed by atoms with Gasteiger partial charge in [-0.2, -0.15) is 0 Å². The van der Waals surface area contributed by atoms with Gasteiger partial charge in [-0.3, -0.25) is 23.4 Å². The molecule has 0 radical (unpaired) electrons. The Bertz CT molecular complexity index is 1490. The number of carbonyl (C=O) groups is 3. The van der Waals surface area contributed by atoms with Gasteiger partial charge < -0.3 is 24.2 Å². The molecule has 3 unspecified atom stereocenters. The summed E-state index contributed by atoms with van der Waals surface area (Å²) in [5.41, 5.74) is 0. The summed E-state index contributed by atoms with van der Waals surface area (Å²) in [6, 6.07) is 0. The van der Waals surface area contributed by atoms with Crippen molar-refractivity contribution in [2.45, 2.75) is 328 Å². The molecule has 456 valence electrons. The average molecular weight is 1120 g/mol. The van der Waals surface area contributed by atoms with Gasteiger partial charge in [0.25, 0.3) is 0 Å².